The summed E-state index contributed by atoms with van der Waals surface area (Å²) in [6.07, 6.45) is 7.61. The molecule has 0 saturated carbocycles. The highest BCUT2D eigenvalue weighted by atomic mass is 32.1. The van der Waals surface area contributed by atoms with E-state index in [9.17, 15) is 5.11 Å². The number of anilines is 1. The van der Waals surface area contributed by atoms with Crippen molar-refractivity contribution >= 4 is 23.4 Å². The van der Waals surface area contributed by atoms with E-state index in [1.807, 2.05) is 18.3 Å². The van der Waals surface area contributed by atoms with Crippen molar-refractivity contribution < 1.29 is 5.11 Å². The summed E-state index contributed by atoms with van der Waals surface area (Å²) >= 11 is 1.65. The Morgan fingerprint density at radius 3 is 2.50 bits per heavy atom. The van der Waals surface area contributed by atoms with Gasteiger partial charge in [-0.15, -0.1) is 11.3 Å². The van der Waals surface area contributed by atoms with Gasteiger partial charge in [0.05, 0.1) is 16.2 Å². The Kier molecular flexibility index (Phi) is 5.67. The Hall–Kier alpha value is -1.76. The normalized spacial score (nSPS) is 19.8. The van der Waals surface area contributed by atoms with Crippen molar-refractivity contribution in [1.82, 2.24) is 15.3 Å². The summed E-state index contributed by atoms with van der Waals surface area (Å²) < 4.78 is 0. The largest absolute Gasteiger partial charge is 0.386 e. The first-order valence-electron chi connectivity index (χ1n) is 9.82. The van der Waals surface area contributed by atoms with Crippen LogP contribution in [0.5, 0.6) is 0 Å². The maximum Gasteiger partial charge on any atom is 0.223 e. The van der Waals surface area contributed by atoms with Crippen molar-refractivity contribution in [3.05, 3.63) is 35.3 Å². The third-order valence-corrected chi connectivity index (χ3v) is 5.79. The molecular formula is C22H32N4OS. The third kappa shape index (κ3) is 5.87. The molecule has 2 aromatic rings. The molecule has 1 aliphatic rings. The second-order valence-electron chi connectivity index (χ2n) is 9.60. The summed E-state index contributed by atoms with van der Waals surface area (Å²) in [6.45, 7) is 12.5. The molecule has 0 radical (unpaired) electrons. The van der Waals surface area contributed by atoms with Gasteiger partial charge in [-0.3, -0.25) is 0 Å². The van der Waals surface area contributed by atoms with Gasteiger partial charge in [0.1, 0.15) is 0 Å². The summed E-state index contributed by atoms with van der Waals surface area (Å²) in [5.41, 5.74) is 0.254. The number of aliphatic hydroxyl groups is 1. The van der Waals surface area contributed by atoms with E-state index in [1.54, 1.807) is 31.3 Å². The lowest BCUT2D eigenvalue weighted by Gasteiger charge is -2.46. The lowest BCUT2D eigenvalue weighted by atomic mass is 9.80. The van der Waals surface area contributed by atoms with E-state index in [0.29, 0.717) is 12.0 Å². The van der Waals surface area contributed by atoms with Crippen LogP contribution in [0.1, 0.15) is 59.3 Å². The summed E-state index contributed by atoms with van der Waals surface area (Å²) in [5, 5.41) is 17.1. The van der Waals surface area contributed by atoms with Crippen LogP contribution in [-0.2, 0) is 0 Å². The van der Waals surface area contributed by atoms with Crippen LogP contribution in [0.4, 0.5) is 5.95 Å². The number of piperidine rings is 1. The fraction of sp³-hybridized carbons (Fsp3) is 0.545. The zero-order valence-electron chi connectivity index (χ0n) is 17.7. The van der Waals surface area contributed by atoms with Crippen LogP contribution in [0.15, 0.2) is 30.5 Å². The summed E-state index contributed by atoms with van der Waals surface area (Å²) in [6, 6.07) is 6.39. The monoisotopic (exact) mass is 400 g/mol. The smallest absolute Gasteiger partial charge is 0.223 e. The molecule has 1 aliphatic heterocycles. The molecule has 5 nitrogen and oxygen atoms in total. The minimum Gasteiger partial charge on any atom is -0.386 e. The van der Waals surface area contributed by atoms with Crippen LogP contribution in [0.3, 0.4) is 0 Å². The van der Waals surface area contributed by atoms with Gasteiger partial charge in [-0.1, -0.05) is 6.08 Å². The van der Waals surface area contributed by atoms with Gasteiger partial charge in [0, 0.05) is 28.2 Å². The predicted octanol–water partition coefficient (Wildman–Crippen LogP) is 4.71. The molecule has 3 heterocycles. The maximum absolute atomic E-state index is 9.85. The summed E-state index contributed by atoms with van der Waals surface area (Å²) in [7, 11) is 0. The number of aromatic nitrogens is 2. The second kappa shape index (κ2) is 7.58. The first-order chi connectivity index (χ1) is 12.9. The van der Waals surface area contributed by atoms with Gasteiger partial charge in [0.25, 0.3) is 0 Å². The molecule has 1 fully saturated rings. The maximum atomic E-state index is 9.85. The highest BCUT2D eigenvalue weighted by Gasteiger charge is 2.37. The van der Waals surface area contributed by atoms with Crippen LogP contribution in [0.25, 0.3) is 16.6 Å². The molecule has 6 heteroatoms. The first kappa shape index (κ1) is 21.0. The Bertz CT molecular complexity index is 832. The van der Waals surface area contributed by atoms with Crippen molar-refractivity contribution in [2.75, 3.05) is 5.32 Å². The van der Waals surface area contributed by atoms with E-state index in [4.69, 9.17) is 4.98 Å². The van der Waals surface area contributed by atoms with E-state index in [0.717, 1.165) is 28.3 Å². The first-order valence-corrected chi connectivity index (χ1v) is 10.6. The number of hydrogen-bond acceptors (Lipinski definition) is 6. The van der Waals surface area contributed by atoms with Gasteiger partial charge < -0.3 is 15.7 Å². The minimum absolute atomic E-state index is 0.0759. The molecule has 0 unspecified atom stereocenters. The van der Waals surface area contributed by atoms with Gasteiger partial charge in [-0.05, 0) is 78.7 Å². The van der Waals surface area contributed by atoms with E-state index in [-0.39, 0.29) is 11.1 Å². The van der Waals surface area contributed by atoms with Gasteiger partial charge in [-0.2, -0.15) is 0 Å². The SMILES string of the molecule is CC(C)(O)/C=C/c1ccc(-c2ccnc(NC3CC(C)(C)NC(C)(C)C3)n2)s1. The zero-order chi connectivity index (χ0) is 20.6. The third-order valence-electron chi connectivity index (χ3n) is 4.71. The van der Waals surface area contributed by atoms with E-state index in [2.05, 4.69) is 55.4 Å². The van der Waals surface area contributed by atoms with Gasteiger partial charge >= 0.3 is 0 Å². The minimum atomic E-state index is -0.813. The van der Waals surface area contributed by atoms with Gasteiger partial charge in [0.15, 0.2) is 0 Å². The molecular weight excluding hydrogens is 368 g/mol. The van der Waals surface area contributed by atoms with E-state index < -0.39 is 5.60 Å². The number of nitrogens with one attached hydrogen (secondary N) is 2. The number of hydrogen-bond donors (Lipinski definition) is 3. The average Bonchev–Trinajstić information content (AvgIpc) is 2.98. The number of thiophene rings is 1. The number of rotatable bonds is 5. The van der Waals surface area contributed by atoms with E-state index >= 15 is 0 Å². The van der Waals surface area contributed by atoms with Crippen molar-refractivity contribution in [2.24, 2.45) is 0 Å². The molecule has 0 atom stereocenters. The van der Waals surface area contributed by atoms with E-state index in [1.165, 1.54) is 0 Å². The molecule has 2 aromatic heterocycles. The molecule has 0 aliphatic carbocycles. The molecule has 0 bridgehead atoms. The zero-order valence-corrected chi connectivity index (χ0v) is 18.5. The van der Waals surface area contributed by atoms with Crippen LogP contribution in [0, 0.1) is 0 Å². The lowest BCUT2D eigenvalue weighted by Crippen LogP contribution is -2.60. The highest BCUT2D eigenvalue weighted by molar-refractivity contribution is 7.16. The van der Waals surface area contributed by atoms with Crippen molar-refractivity contribution in [3.8, 4) is 10.6 Å². The predicted molar refractivity (Wildman–Crippen MR) is 119 cm³/mol. The lowest BCUT2D eigenvalue weighted by molar-refractivity contribution is 0.134. The second-order valence-corrected chi connectivity index (χ2v) is 10.7. The van der Waals surface area contributed by atoms with Crippen molar-refractivity contribution in [3.63, 3.8) is 0 Å². The van der Waals surface area contributed by atoms with Crippen LogP contribution >= 0.6 is 11.3 Å². The Balaban J connectivity index is 1.74. The van der Waals surface area contributed by atoms with Crippen LogP contribution in [0.2, 0.25) is 0 Å². The molecule has 0 aromatic carbocycles. The average molecular weight is 401 g/mol. The summed E-state index contributed by atoms with van der Waals surface area (Å²) in [4.78, 5) is 11.4. The number of nitrogens with zero attached hydrogens (tertiary/aromatic N) is 2. The molecule has 1 saturated heterocycles. The Morgan fingerprint density at radius 1 is 1.18 bits per heavy atom. The molecule has 0 amide bonds. The Labute approximate surface area is 172 Å². The molecule has 3 N–H and O–H groups in total. The molecule has 28 heavy (non-hydrogen) atoms. The molecule has 152 valence electrons. The molecule has 0 spiro atoms. The Morgan fingerprint density at radius 2 is 1.86 bits per heavy atom. The fourth-order valence-electron chi connectivity index (χ4n) is 4.04. The highest BCUT2D eigenvalue weighted by Crippen LogP contribution is 2.31. The van der Waals surface area contributed by atoms with Gasteiger partial charge in [0.2, 0.25) is 5.95 Å². The summed E-state index contributed by atoms with van der Waals surface area (Å²) in [5.74, 6) is 0.679. The van der Waals surface area contributed by atoms with Crippen LogP contribution < -0.4 is 10.6 Å². The molecule has 3 rings (SSSR count). The van der Waals surface area contributed by atoms with Crippen LogP contribution in [-0.4, -0.2) is 37.8 Å². The van der Waals surface area contributed by atoms with Gasteiger partial charge in [-0.25, -0.2) is 9.97 Å². The quantitative estimate of drug-likeness (QED) is 0.678. The standard InChI is InChI=1S/C22H32N4OS/c1-20(2)13-15(14-21(3,4)26-20)24-19-23-12-10-17(25-19)18-8-7-16(28-18)9-11-22(5,6)27/h7-12,15,26-27H,13-14H2,1-6H3,(H,23,24,25)/b11-9+. The van der Waals surface area contributed by atoms with Crippen molar-refractivity contribution in [1.29, 1.82) is 0 Å². The van der Waals surface area contributed by atoms with Crippen molar-refractivity contribution in [2.45, 2.75) is 77.1 Å². The fourth-order valence-corrected chi connectivity index (χ4v) is 4.92. The topological polar surface area (TPSA) is 70.1 Å².